The van der Waals surface area contributed by atoms with E-state index in [4.69, 9.17) is 18.9 Å². The molecule has 1 heterocycles. The summed E-state index contributed by atoms with van der Waals surface area (Å²) in [6.07, 6.45) is 0.410. The molecule has 0 saturated carbocycles. The lowest BCUT2D eigenvalue weighted by Gasteiger charge is -2.45. The van der Waals surface area contributed by atoms with Gasteiger partial charge in [0.2, 0.25) is 0 Å². The summed E-state index contributed by atoms with van der Waals surface area (Å²) in [5, 5.41) is 29.9. The van der Waals surface area contributed by atoms with Crippen LogP contribution in [-0.4, -0.2) is 78.6 Å². The van der Waals surface area contributed by atoms with Crippen LogP contribution in [0.4, 0.5) is 0 Å². The van der Waals surface area contributed by atoms with Crippen LogP contribution in [0.2, 0.25) is 0 Å². The molecule has 2 unspecified atom stereocenters. The Kier molecular flexibility index (Phi) is 12.6. The van der Waals surface area contributed by atoms with E-state index in [1.807, 2.05) is 0 Å². The molecule has 26 heavy (non-hydrogen) atoms. The molecule has 0 aromatic rings. The largest absolute Gasteiger partial charge is 0.394 e. The second-order valence-corrected chi connectivity index (χ2v) is 6.81. The summed E-state index contributed by atoms with van der Waals surface area (Å²) in [5.74, 6) is 0. The molecule has 0 amide bonds. The Morgan fingerprint density at radius 2 is 1.27 bits per heavy atom. The molecule has 7 nitrogen and oxygen atoms in total. The monoisotopic (exact) mass is 378 g/mol. The lowest BCUT2D eigenvalue weighted by Crippen LogP contribution is -2.63. The lowest BCUT2D eigenvalue weighted by atomic mass is 9.94. The first-order valence-electron chi connectivity index (χ1n) is 10.1. The van der Waals surface area contributed by atoms with Crippen molar-refractivity contribution >= 4 is 0 Å². The summed E-state index contributed by atoms with van der Waals surface area (Å²) in [5.41, 5.74) is 0. The maximum absolute atomic E-state index is 10.4. The molecule has 1 rings (SSSR count). The molecule has 6 atom stereocenters. The molecule has 0 spiro atoms. The van der Waals surface area contributed by atoms with Gasteiger partial charge in [-0.25, -0.2) is 0 Å². The van der Waals surface area contributed by atoms with Gasteiger partial charge in [0.15, 0.2) is 6.29 Å². The SMILES string of the molecule is CCCCOC1[C@H](OCCCC)C([C@H](O)CO)O[C@H](O)[C@@H]1OCCCC. The van der Waals surface area contributed by atoms with Gasteiger partial charge in [0.25, 0.3) is 0 Å². The molecule has 7 heteroatoms. The molecule has 0 radical (unpaired) electrons. The smallest absolute Gasteiger partial charge is 0.184 e. The highest BCUT2D eigenvalue weighted by Crippen LogP contribution is 2.29. The average molecular weight is 379 g/mol. The third-order valence-electron chi connectivity index (χ3n) is 4.54. The first-order valence-corrected chi connectivity index (χ1v) is 10.1. The maximum atomic E-state index is 10.4. The Morgan fingerprint density at radius 3 is 1.73 bits per heavy atom. The van der Waals surface area contributed by atoms with Crippen molar-refractivity contribution in [2.75, 3.05) is 26.4 Å². The van der Waals surface area contributed by atoms with Crippen molar-refractivity contribution in [3.8, 4) is 0 Å². The molecule has 0 aromatic carbocycles. The second-order valence-electron chi connectivity index (χ2n) is 6.81. The zero-order valence-electron chi connectivity index (χ0n) is 16.5. The molecule has 3 N–H and O–H groups in total. The summed E-state index contributed by atoms with van der Waals surface area (Å²) in [6, 6.07) is 0. The molecule has 0 aromatic heterocycles. The van der Waals surface area contributed by atoms with E-state index in [9.17, 15) is 15.3 Å². The predicted octanol–water partition coefficient (Wildman–Crippen LogP) is 1.61. The van der Waals surface area contributed by atoms with E-state index in [1.54, 1.807) is 0 Å². The van der Waals surface area contributed by atoms with Crippen molar-refractivity contribution in [3.63, 3.8) is 0 Å². The Labute approximate surface area is 157 Å². The van der Waals surface area contributed by atoms with Gasteiger partial charge in [0.05, 0.1) is 6.61 Å². The van der Waals surface area contributed by atoms with E-state index in [-0.39, 0.29) is 0 Å². The number of hydrogen-bond donors (Lipinski definition) is 3. The zero-order chi connectivity index (χ0) is 19.4. The maximum Gasteiger partial charge on any atom is 0.184 e. The van der Waals surface area contributed by atoms with Crippen LogP contribution in [0.15, 0.2) is 0 Å². The van der Waals surface area contributed by atoms with E-state index in [2.05, 4.69) is 20.8 Å². The molecule has 1 fully saturated rings. The van der Waals surface area contributed by atoms with E-state index >= 15 is 0 Å². The first-order chi connectivity index (χ1) is 12.6. The Hall–Kier alpha value is -0.280. The van der Waals surface area contributed by atoms with Crippen LogP contribution in [0.3, 0.4) is 0 Å². The molecule has 1 aliphatic rings. The molecule has 0 aliphatic carbocycles. The number of ether oxygens (including phenoxy) is 4. The van der Waals surface area contributed by atoms with Gasteiger partial charge in [-0.1, -0.05) is 40.0 Å². The Morgan fingerprint density at radius 1 is 0.808 bits per heavy atom. The number of rotatable bonds is 14. The van der Waals surface area contributed by atoms with E-state index in [1.165, 1.54) is 0 Å². The van der Waals surface area contributed by atoms with Gasteiger partial charge in [0, 0.05) is 19.8 Å². The van der Waals surface area contributed by atoms with Crippen LogP contribution in [-0.2, 0) is 18.9 Å². The highest BCUT2D eigenvalue weighted by molar-refractivity contribution is 4.95. The first kappa shape index (κ1) is 23.8. The van der Waals surface area contributed by atoms with Crippen LogP contribution in [0, 0.1) is 0 Å². The summed E-state index contributed by atoms with van der Waals surface area (Å²) in [6.45, 7) is 7.22. The number of hydrogen-bond acceptors (Lipinski definition) is 7. The van der Waals surface area contributed by atoms with Crippen LogP contribution in [0.25, 0.3) is 0 Å². The van der Waals surface area contributed by atoms with Crippen LogP contribution < -0.4 is 0 Å². The Balaban J connectivity index is 2.93. The summed E-state index contributed by atoms with van der Waals surface area (Å²) >= 11 is 0. The quantitative estimate of drug-likeness (QED) is 0.395. The molecule has 1 aliphatic heterocycles. The van der Waals surface area contributed by atoms with Crippen LogP contribution in [0.1, 0.15) is 59.3 Å². The van der Waals surface area contributed by atoms with Gasteiger partial charge >= 0.3 is 0 Å². The number of unbranched alkanes of at least 4 members (excludes halogenated alkanes) is 3. The van der Waals surface area contributed by atoms with Crippen molar-refractivity contribution in [1.29, 1.82) is 0 Å². The predicted molar refractivity (Wildman–Crippen MR) is 97.9 cm³/mol. The minimum absolute atomic E-state index is 0.478. The minimum atomic E-state index is -1.24. The average Bonchev–Trinajstić information content (AvgIpc) is 2.64. The molecule has 1 saturated heterocycles. The summed E-state index contributed by atoms with van der Waals surface area (Å²) in [7, 11) is 0. The molecular weight excluding hydrogens is 340 g/mol. The van der Waals surface area contributed by atoms with Gasteiger partial charge in [-0.3, -0.25) is 0 Å². The van der Waals surface area contributed by atoms with Crippen molar-refractivity contribution in [3.05, 3.63) is 0 Å². The number of aliphatic hydroxyl groups excluding tert-OH is 3. The summed E-state index contributed by atoms with van der Waals surface area (Å²) in [4.78, 5) is 0. The van der Waals surface area contributed by atoms with Gasteiger partial charge in [-0.15, -0.1) is 0 Å². The van der Waals surface area contributed by atoms with Crippen molar-refractivity contribution < 1.29 is 34.3 Å². The Bertz CT molecular complexity index is 342. The third kappa shape index (κ3) is 7.38. The molecular formula is C19H38O7. The van der Waals surface area contributed by atoms with Gasteiger partial charge in [-0.2, -0.15) is 0 Å². The topological polar surface area (TPSA) is 97.6 Å². The number of aliphatic hydroxyl groups is 3. The van der Waals surface area contributed by atoms with Crippen LogP contribution >= 0.6 is 0 Å². The fourth-order valence-electron chi connectivity index (χ4n) is 2.91. The lowest BCUT2D eigenvalue weighted by molar-refractivity contribution is -0.320. The van der Waals surface area contributed by atoms with Crippen LogP contribution in [0.5, 0.6) is 0 Å². The highest BCUT2D eigenvalue weighted by Gasteiger charge is 2.49. The fraction of sp³-hybridized carbons (Fsp3) is 1.00. The highest BCUT2D eigenvalue weighted by atomic mass is 16.7. The normalized spacial score (nSPS) is 30.5. The molecule has 0 bridgehead atoms. The van der Waals surface area contributed by atoms with Crippen molar-refractivity contribution in [2.24, 2.45) is 0 Å². The van der Waals surface area contributed by atoms with E-state index in [0.717, 1.165) is 38.5 Å². The minimum Gasteiger partial charge on any atom is -0.394 e. The van der Waals surface area contributed by atoms with E-state index in [0.29, 0.717) is 19.8 Å². The van der Waals surface area contributed by atoms with Crippen molar-refractivity contribution in [2.45, 2.75) is 96.1 Å². The standard InChI is InChI=1S/C19H38O7/c1-4-7-10-23-16-15(14(21)13-20)26-19(22)18(25-12-9-6-3)17(16)24-11-8-5-2/h14-22H,4-13H2,1-3H3/t14-,15?,16-,17?,18-,19+/m1/s1. The van der Waals surface area contributed by atoms with Gasteiger partial charge < -0.3 is 34.3 Å². The molecule has 156 valence electrons. The summed E-state index contributed by atoms with van der Waals surface area (Å²) < 4.78 is 23.4. The zero-order valence-corrected chi connectivity index (χ0v) is 16.5. The van der Waals surface area contributed by atoms with E-state index < -0.39 is 43.4 Å². The second kappa shape index (κ2) is 13.8. The third-order valence-corrected chi connectivity index (χ3v) is 4.54. The fourth-order valence-corrected chi connectivity index (χ4v) is 2.91. The van der Waals surface area contributed by atoms with Gasteiger partial charge in [0.1, 0.15) is 30.5 Å². The van der Waals surface area contributed by atoms with Crippen molar-refractivity contribution in [1.82, 2.24) is 0 Å². The van der Waals surface area contributed by atoms with Gasteiger partial charge in [-0.05, 0) is 19.3 Å².